The number of imidazole rings is 1. The molecule has 3 rings (SSSR count). The second-order valence-corrected chi connectivity index (χ2v) is 6.36. The molecule has 0 spiro atoms. The first-order valence-corrected chi connectivity index (χ1v) is 7.49. The van der Waals surface area contributed by atoms with Gasteiger partial charge >= 0.3 is 0 Å². The van der Waals surface area contributed by atoms with Gasteiger partial charge in [-0.3, -0.25) is 0 Å². The molecule has 1 aliphatic carbocycles. The Morgan fingerprint density at radius 2 is 2.11 bits per heavy atom. The maximum absolute atomic E-state index is 4.55. The number of hydrogen-bond donors (Lipinski definition) is 1. The fourth-order valence-corrected chi connectivity index (χ4v) is 3.10. The molecule has 1 N–H and O–H groups in total. The van der Waals surface area contributed by atoms with Crippen LogP contribution in [-0.4, -0.2) is 9.55 Å². The summed E-state index contributed by atoms with van der Waals surface area (Å²) >= 11 is 7.01. The number of aryl methyl sites for hydroxylation is 1. The average molecular weight is 371 g/mol. The van der Waals surface area contributed by atoms with Crippen LogP contribution >= 0.6 is 31.9 Å². The molecule has 1 saturated carbocycles. The lowest BCUT2D eigenvalue weighted by Crippen LogP contribution is -2.01. The van der Waals surface area contributed by atoms with E-state index in [4.69, 9.17) is 0 Å². The maximum atomic E-state index is 4.55. The van der Waals surface area contributed by atoms with Crippen molar-refractivity contribution in [3.63, 3.8) is 0 Å². The smallest absolute Gasteiger partial charge is 0.207 e. The lowest BCUT2D eigenvalue weighted by Gasteiger charge is -2.10. The van der Waals surface area contributed by atoms with E-state index in [0.29, 0.717) is 6.04 Å². The molecule has 94 valence electrons. The number of aromatic nitrogens is 2. The zero-order valence-electron chi connectivity index (χ0n) is 9.95. The molecule has 1 aliphatic rings. The lowest BCUT2D eigenvalue weighted by molar-refractivity contribution is 0.750. The summed E-state index contributed by atoms with van der Waals surface area (Å²) < 4.78 is 4.32. The third-order valence-electron chi connectivity index (χ3n) is 2.97. The molecule has 0 unspecified atom stereocenters. The normalized spacial score (nSPS) is 14.8. The Morgan fingerprint density at radius 3 is 2.78 bits per heavy atom. The summed E-state index contributed by atoms with van der Waals surface area (Å²) in [5.74, 6) is 0.929. The highest BCUT2D eigenvalue weighted by Crippen LogP contribution is 2.38. The number of nitrogens with one attached hydrogen (secondary N) is 1. The van der Waals surface area contributed by atoms with Crippen LogP contribution in [0.4, 0.5) is 11.6 Å². The van der Waals surface area contributed by atoms with E-state index in [9.17, 15) is 0 Å². The Morgan fingerprint density at radius 1 is 1.33 bits per heavy atom. The minimum absolute atomic E-state index is 0.628. The Hall–Kier alpha value is -0.810. The van der Waals surface area contributed by atoms with Crippen molar-refractivity contribution in [3.05, 3.63) is 39.0 Å². The second-order valence-electron chi connectivity index (χ2n) is 4.59. The zero-order valence-corrected chi connectivity index (χ0v) is 13.1. The van der Waals surface area contributed by atoms with Gasteiger partial charge in [0.05, 0.1) is 11.4 Å². The molecule has 0 radical (unpaired) electrons. The van der Waals surface area contributed by atoms with Crippen molar-refractivity contribution in [2.24, 2.45) is 0 Å². The number of hydrogen-bond acceptors (Lipinski definition) is 2. The topological polar surface area (TPSA) is 29.9 Å². The molecule has 0 saturated heterocycles. The number of halogens is 2. The SMILES string of the molecule is Cc1cn(C2CC2)c(Nc2ccc(Br)cc2Br)n1. The molecule has 1 heterocycles. The lowest BCUT2D eigenvalue weighted by atomic mass is 10.3. The maximum Gasteiger partial charge on any atom is 0.207 e. The summed E-state index contributed by atoms with van der Waals surface area (Å²) in [5.41, 5.74) is 2.09. The fourth-order valence-electron chi connectivity index (χ4n) is 1.95. The van der Waals surface area contributed by atoms with E-state index in [2.05, 4.69) is 52.9 Å². The van der Waals surface area contributed by atoms with Crippen molar-refractivity contribution in [1.82, 2.24) is 9.55 Å². The standard InChI is InChI=1S/C13H13Br2N3/c1-8-7-18(10-3-4-10)13(16-8)17-12-5-2-9(14)6-11(12)15/h2,5-7,10H,3-4H2,1H3,(H,16,17). The summed E-state index contributed by atoms with van der Waals surface area (Å²) in [6.45, 7) is 2.03. The average Bonchev–Trinajstić information content (AvgIpc) is 3.08. The van der Waals surface area contributed by atoms with E-state index < -0.39 is 0 Å². The van der Waals surface area contributed by atoms with Crippen LogP contribution in [0.5, 0.6) is 0 Å². The van der Waals surface area contributed by atoms with Crippen molar-refractivity contribution in [2.45, 2.75) is 25.8 Å². The molecule has 0 bridgehead atoms. The molecule has 0 amide bonds. The highest BCUT2D eigenvalue weighted by molar-refractivity contribution is 9.11. The third kappa shape index (κ3) is 2.47. The van der Waals surface area contributed by atoms with Crippen molar-refractivity contribution in [1.29, 1.82) is 0 Å². The van der Waals surface area contributed by atoms with Gasteiger partial charge in [-0.2, -0.15) is 0 Å². The molecule has 0 atom stereocenters. The minimum atomic E-state index is 0.628. The number of benzene rings is 1. The van der Waals surface area contributed by atoms with Gasteiger partial charge < -0.3 is 9.88 Å². The molecular weight excluding hydrogens is 358 g/mol. The first-order valence-electron chi connectivity index (χ1n) is 5.91. The highest BCUT2D eigenvalue weighted by Gasteiger charge is 2.26. The fraction of sp³-hybridized carbons (Fsp3) is 0.308. The molecule has 5 heteroatoms. The summed E-state index contributed by atoms with van der Waals surface area (Å²) in [6, 6.07) is 6.71. The van der Waals surface area contributed by atoms with Gasteiger partial charge in [-0.15, -0.1) is 0 Å². The zero-order chi connectivity index (χ0) is 12.7. The molecule has 1 fully saturated rings. The molecular formula is C13H13Br2N3. The Kier molecular flexibility index (Phi) is 3.20. The van der Waals surface area contributed by atoms with Crippen LogP contribution in [0.25, 0.3) is 0 Å². The van der Waals surface area contributed by atoms with Crippen molar-refractivity contribution in [3.8, 4) is 0 Å². The van der Waals surface area contributed by atoms with Crippen LogP contribution in [0.15, 0.2) is 33.3 Å². The van der Waals surface area contributed by atoms with Crippen molar-refractivity contribution < 1.29 is 0 Å². The first-order chi connectivity index (χ1) is 8.63. The van der Waals surface area contributed by atoms with E-state index in [0.717, 1.165) is 26.3 Å². The van der Waals surface area contributed by atoms with Gasteiger partial charge in [0.15, 0.2) is 0 Å². The van der Waals surface area contributed by atoms with Gasteiger partial charge in [0.1, 0.15) is 0 Å². The van der Waals surface area contributed by atoms with E-state index in [1.165, 1.54) is 12.8 Å². The summed E-state index contributed by atoms with van der Waals surface area (Å²) in [6.07, 6.45) is 4.63. The number of nitrogens with zero attached hydrogens (tertiary/aromatic N) is 2. The van der Waals surface area contributed by atoms with Gasteiger partial charge in [-0.05, 0) is 53.9 Å². The van der Waals surface area contributed by atoms with Crippen LogP contribution in [0.1, 0.15) is 24.6 Å². The van der Waals surface area contributed by atoms with Crippen LogP contribution in [-0.2, 0) is 0 Å². The van der Waals surface area contributed by atoms with Crippen LogP contribution in [0, 0.1) is 6.92 Å². The van der Waals surface area contributed by atoms with E-state index in [1.807, 2.05) is 25.1 Å². The van der Waals surface area contributed by atoms with Gasteiger partial charge in [0, 0.05) is 21.2 Å². The van der Waals surface area contributed by atoms with Crippen LogP contribution < -0.4 is 5.32 Å². The quantitative estimate of drug-likeness (QED) is 0.841. The highest BCUT2D eigenvalue weighted by atomic mass is 79.9. The molecule has 1 aromatic heterocycles. The minimum Gasteiger partial charge on any atom is -0.325 e. The van der Waals surface area contributed by atoms with Gasteiger partial charge in [-0.25, -0.2) is 4.98 Å². The van der Waals surface area contributed by atoms with Gasteiger partial charge in [0.25, 0.3) is 0 Å². The van der Waals surface area contributed by atoms with E-state index in [-0.39, 0.29) is 0 Å². The monoisotopic (exact) mass is 369 g/mol. The predicted octanol–water partition coefficient (Wildman–Crippen LogP) is 4.80. The van der Waals surface area contributed by atoms with Crippen LogP contribution in [0.2, 0.25) is 0 Å². The largest absolute Gasteiger partial charge is 0.325 e. The Labute approximate surface area is 123 Å². The summed E-state index contributed by atoms with van der Waals surface area (Å²) in [5, 5.41) is 3.39. The summed E-state index contributed by atoms with van der Waals surface area (Å²) in [7, 11) is 0. The van der Waals surface area contributed by atoms with Gasteiger partial charge in [0.2, 0.25) is 5.95 Å². The second kappa shape index (κ2) is 4.70. The molecule has 0 aliphatic heterocycles. The molecule has 2 aromatic rings. The Balaban J connectivity index is 1.91. The van der Waals surface area contributed by atoms with Crippen molar-refractivity contribution >= 4 is 43.5 Å². The summed E-state index contributed by atoms with van der Waals surface area (Å²) in [4.78, 5) is 4.55. The number of anilines is 2. The first kappa shape index (κ1) is 12.2. The third-order valence-corrected chi connectivity index (χ3v) is 4.12. The van der Waals surface area contributed by atoms with E-state index in [1.54, 1.807) is 0 Å². The van der Waals surface area contributed by atoms with Gasteiger partial charge in [-0.1, -0.05) is 15.9 Å². The van der Waals surface area contributed by atoms with Crippen LogP contribution in [0.3, 0.4) is 0 Å². The molecule has 3 nitrogen and oxygen atoms in total. The molecule has 1 aromatic carbocycles. The molecule has 18 heavy (non-hydrogen) atoms. The van der Waals surface area contributed by atoms with E-state index >= 15 is 0 Å². The predicted molar refractivity (Wildman–Crippen MR) is 80.4 cm³/mol. The van der Waals surface area contributed by atoms with Crippen molar-refractivity contribution in [2.75, 3.05) is 5.32 Å². The number of rotatable bonds is 3. The Bertz CT molecular complexity index is 588.